The van der Waals surface area contributed by atoms with Crippen LogP contribution in [0.25, 0.3) is 16.9 Å². The van der Waals surface area contributed by atoms with Gasteiger partial charge in [0.05, 0.1) is 11.9 Å². The molecule has 0 aliphatic rings. The summed E-state index contributed by atoms with van der Waals surface area (Å²) in [6.45, 7) is 1.98. The average molecular weight is 334 g/mol. The number of carbonyl (C=O) groups excluding carboxylic acids is 1. The van der Waals surface area contributed by atoms with Gasteiger partial charge in [-0.1, -0.05) is 47.7 Å². The fourth-order valence-electron chi connectivity index (χ4n) is 2.65. The molecule has 24 heavy (non-hydrogen) atoms. The standard InChI is InChI=1S/C18H14N4OS/c1-11-7-8-14-20-9-13(22(14)10-11)16(23)17-15(21-18(19)24-17)12-5-3-2-4-6-12/h2-10H,1H3,(H2,19,21). The zero-order valence-corrected chi connectivity index (χ0v) is 13.7. The summed E-state index contributed by atoms with van der Waals surface area (Å²) in [5.74, 6) is -0.124. The second-order valence-corrected chi connectivity index (χ2v) is 6.53. The van der Waals surface area contributed by atoms with E-state index in [0.717, 1.165) is 16.8 Å². The second-order valence-electron chi connectivity index (χ2n) is 5.50. The number of imidazole rings is 1. The number of aromatic nitrogens is 3. The van der Waals surface area contributed by atoms with Crippen molar-refractivity contribution in [1.82, 2.24) is 14.4 Å². The van der Waals surface area contributed by atoms with E-state index in [9.17, 15) is 4.79 Å². The zero-order chi connectivity index (χ0) is 16.7. The molecular weight excluding hydrogens is 320 g/mol. The van der Waals surface area contributed by atoms with E-state index in [4.69, 9.17) is 5.73 Å². The molecule has 3 aromatic heterocycles. The summed E-state index contributed by atoms with van der Waals surface area (Å²) in [5.41, 5.74) is 9.67. The van der Waals surface area contributed by atoms with Gasteiger partial charge in [-0.3, -0.25) is 9.20 Å². The number of benzene rings is 1. The highest BCUT2D eigenvalue weighted by atomic mass is 32.1. The summed E-state index contributed by atoms with van der Waals surface area (Å²) < 4.78 is 1.81. The summed E-state index contributed by atoms with van der Waals surface area (Å²) in [7, 11) is 0. The molecule has 0 saturated heterocycles. The van der Waals surface area contributed by atoms with Crippen LogP contribution in [-0.2, 0) is 0 Å². The Labute approximate surface area is 142 Å². The first-order valence-corrected chi connectivity index (χ1v) is 8.25. The van der Waals surface area contributed by atoms with Crippen molar-refractivity contribution in [3.05, 3.63) is 71.0 Å². The SMILES string of the molecule is Cc1ccc2ncc(C(=O)c3sc(N)nc3-c3ccccc3)n2c1. The minimum Gasteiger partial charge on any atom is -0.375 e. The van der Waals surface area contributed by atoms with Crippen molar-refractivity contribution in [2.24, 2.45) is 0 Å². The maximum absolute atomic E-state index is 13.1. The monoisotopic (exact) mass is 334 g/mol. The number of aryl methyl sites for hydroxylation is 1. The molecule has 0 spiro atoms. The first-order valence-electron chi connectivity index (χ1n) is 7.43. The number of pyridine rings is 1. The van der Waals surface area contributed by atoms with Crippen LogP contribution in [0.15, 0.2) is 54.9 Å². The molecule has 0 saturated carbocycles. The minimum atomic E-state index is -0.124. The third kappa shape index (κ3) is 2.37. The van der Waals surface area contributed by atoms with Crippen LogP contribution in [-0.4, -0.2) is 20.2 Å². The van der Waals surface area contributed by atoms with E-state index >= 15 is 0 Å². The molecule has 5 nitrogen and oxygen atoms in total. The van der Waals surface area contributed by atoms with Gasteiger partial charge in [0.1, 0.15) is 16.2 Å². The number of hydrogen-bond donors (Lipinski definition) is 1. The topological polar surface area (TPSA) is 73.3 Å². The predicted molar refractivity (Wildman–Crippen MR) is 95.3 cm³/mol. The smallest absolute Gasteiger partial charge is 0.223 e. The van der Waals surface area contributed by atoms with Gasteiger partial charge in [0.25, 0.3) is 0 Å². The van der Waals surface area contributed by atoms with Gasteiger partial charge < -0.3 is 5.73 Å². The van der Waals surface area contributed by atoms with Crippen molar-refractivity contribution in [2.45, 2.75) is 6.92 Å². The van der Waals surface area contributed by atoms with Crippen molar-refractivity contribution in [1.29, 1.82) is 0 Å². The van der Waals surface area contributed by atoms with Crippen molar-refractivity contribution < 1.29 is 4.79 Å². The van der Waals surface area contributed by atoms with E-state index in [2.05, 4.69) is 9.97 Å². The number of ketones is 1. The third-order valence-corrected chi connectivity index (χ3v) is 4.67. The molecule has 0 bridgehead atoms. The van der Waals surface area contributed by atoms with Gasteiger partial charge in [-0.25, -0.2) is 9.97 Å². The fraction of sp³-hybridized carbons (Fsp3) is 0.0556. The predicted octanol–water partition coefficient (Wildman–Crippen LogP) is 3.58. The summed E-state index contributed by atoms with van der Waals surface area (Å²) in [4.78, 5) is 22.3. The Morgan fingerprint density at radius 3 is 2.75 bits per heavy atom. The van der Waals surface area contributed by atoms with Gasteiger partial charge >= 0.3 is 0 Å². The Kier molecular flexibility index (Phi) is 3.39. The number of rotatable bonds is 3. The molecule has 0 fully saturated rings. The molecule has 3 heterocycles. The number of thiazole rings is 1. The first kappa shape index (κ1) is 14.6. The Morgan fingerprint density at radius 2 is 1.96 bits per heavy atom. The van der Waals surface area contributed by atoms with Crippen LogP contribution in [0, 0.1) is 6.92 Å². The quantitative estimate of drug-likeness (QED) is 0.581. The number of hydrogen-bond acceptors (Lipinski definition) is 5. The molecule has 6 heteroatoms. The lowest BCUT2D eigenvalue weighted by Gasteiger charge is -2.03. The fourth-order valence-corrected chi connectivity index (χ4v) is 3.46. The lowest BCUT2D eigenvalue weighted by atomic mass is 10.1. The Balaban J connectivity index is 1.87. The highest BCUT2D eigenvalue weighted by Gasteiger charge is 2.22. The molecule has 118 valence electrons. The summed E-state index contributed by atoms with van der Waals surface area (Å²) in [6.07, 6.45) is 3.50. The van der Waals surface area contributed by atoms with E-state index in [1.807, 2.05) is 60.0 Å². The van der Waals surface area contributed by atoms with Crippen molar-refractivity contribution >= 4 is 27.9 Å². The maximum Gasteiger partial charge on any atom is 0.223 e. The first-order chi connectivity index (χ1) is 11.6. The maximum atomic E-state index is 13.1. The minimum absolute atomic E-state index is 0.124. The second kappa shape index (κ2) is 5.58. The van der Waals surface area contributed by atoms with Crippen LogP contribution in [0.4, 0.5) is 5.13 Å². The van der Waals surface area contributed by atoms with Crippen LogP contribution in [0.3, 0.4) is 0 Å². The highest BCUT2D eigenvalue weighted by molar-refractivity contribution is 7.18. The Hall–Kier alpha value is -2.99. The number of nitrogens with zero attached hydrogens (tertiary/aromatic N) is 3. The van der Waals surface area contributed by atoms with Gasteiger partial charge in [-0.15, -0.1) is 0 Å². The molecule has 0 aliphatic carbocycles. The molecular formula is C18H14N4OS. The molecule has 1 aromatic carbocycles. The van der Waals surface area contributed by atoms with Crippen molar-refractivity contribution in [3.63, 3.8) is 0 Å². The van der Waals surface area contributed by atoms with Gasteiger partial charge in [-0.2, -0.15) is 0 Å². The number of nitrogen functional groups attached to an aromatic ring is 1. The van der Waals surface area contributed by atoms with Gasteiger partial charge in [0.2, 0.25) is 5.78 Å². The number of nitrogens with two attached hydrogens (primary N) is 1. The average Bonchev–Trinajstić information content (AvgIpc) is 3.18. The molecule has 0 radical (unpaired) electrons. The van der Waals surface area contributed by atoms with E-state index in [1.165, 1.54) is 11.3 Å². The lowest BCUT2D eigenvalue weighted by molar-refractivity contribution is 0.103. The Bertz CT molecular complexity index is 1050. The van der Waals surface area contributed by atoms with Crippen LogP contribution < -0.4 is 5.73 Å². The Morgan fingerprint density at radius 1 is 1.17 bits per heavy atom. The van der Waals surface area contributed by atoms with Crippen LogP contribution >= 0.6 is 11.3 Å². The largest absolute Gasteiger partial charge is 0.375 e. The molecule has 4 aromatic rings. The van der Waals surface area contributed by atoms with Crippen LogP contribution in [0.5, 0.6) is 0 Å². The third-order valence-electron chi connectivity index (χ3n) is 3.78. The summed E-state index contributed by atoms with van der Waals surface area (Å²) in [6, 6.07) is 13.5. The van der Waals surface area contributed by atoms with Crippen molar-refractivity contribution in [3.8, 4) is 11.3 Å². The van der Waals surface area contributed by atoms with Crippen LogP contribution in [0.1, 0.15) is 20.9 Å². The van der Waals surface area contributed by atoms with E-state index in [0.29, 0.717) is 21.4 Å². The van der Waals surface area contributed by atoms with E-state index in [-0.39, 0.29) is 5.78 Å². The van der Waals surface area contributed by atoms with Crippen molar-refractivity contribution in [2.75, 3.05) is 5.73 Å². The lowest BCUT2D eigenvalue weighted by Crippen LogP contribution is -2.05. The number of carbonyl (C=O) groups is 1. The summed E-state index contributed by atoms with van der Waals surface area (Å²) in [5, 5.41) is 0.377. The highest BCUT2D eigenvalue weighted by Crippen LogP contribution is 2.31. The van der Waals surface area contributed by atoms with Crippen LogP contribution in [0.2, 0.25) is 0 Å². The van der Waals surface area contributed by atoms with E-state index < -0.39 is 0 Å². The number of anilines is 1. The van der Waals surface area contributed by atoms with Gasteiger partial charge in [0.15, 0.2) is 5.13 Å². The number of fused-ring (bicyclic) bond motifs is 1. The zero-order valence-electron chi connectivity index (χ0n) is 12.9. The molecule has 0 atom stereocenters. The molecule has 0 amide bonds. The van der Waals surface area contributed by atoms with Gasteiger partial charge in [-0.05, 0) is 18.6 Å². The summed E-state index contributed by atoms with van der Waals surface area (Å²) >= 11 is 1.20. The molecule has 4 rings (SSSR count). The molecule has 2 N–H and O–H groups in total. The molecule has 0 unspecified atom stereocenters. The van der Waals surface area contributed by atoms with Gasteiger partial charge in [0, 0.05) is 11.8 Å². The normalized spacial score (nSPS) is 11.0. The van der Waals surface area contributed by atoms with E-state index in [1.54, 1.807) is 6.20 Å². The molecule has 0 aliphatic heterocycles.